The van der Waals surface area contributed by atoms with Crippen LogP contribution >= 0.6 is 0 Å². The lowest BCUT2D eigenvalue weighted by Gasteiger charge is -2.27. The second kappa shape index (κ2) is 7.85. The molecule has 5 nitrogen and oxygen atoms in total. The third kappa shape index (κ3) is 4.30. The van der Waals surface area contributed by atoms with Gasteiger partial charge in [-0.3, -0.25) is 0 Å². The molecule has 0 unspecified atom stereocenters. The molecular formula is C20H25NO4. The molecule has 1 saturated carbocycles. The molecule has 0 saturated heterocycles. The fraction of sp³-hybridized carbons (Fsp3) is 0.450. The Morgan fingerprint density at radius 2 is 1.92 bits per heavy atom. The topological polar surface area (TPSA) is 78.8 Å². The molecule has 0 aliphatic heterocycles. The normalized spacial score (nSPS) is 20.7. The number of benzene rings is 2. The van der Waals surface area contributed by atoms with E-state index in [9.17, 15) is 9.90 Å². The van der Waals surface area contributed by atoms with Crippen LogP contribution in [0.4, 0.5) is 0 Å². The van der Waals surface area contributed by atoms with Gasteiger partial charge in [-0.15, -0.1) is 0 Å². The van der Waals surface area contributed by atoms with Crippen LogP contribution in [-0.4, -0.2) is 35.9 Å². The number of aromatic hydroxyl groups is 1. The fourth-order valence-electron chi connectivity index (χ4n) is 3.61. The second-order valence-electron chi connectivity index (χ2n) is 6.87. The highest BCUT2D eigenvalue weighted by atomic mass is 16.5. The first-order valence-electron chi connectivity index (χ1n) is 8.79. The summed E-state index contributed by atoms with van der Waals surface area (Å²) in [5.74, 6) is -0.616. The van der Waals surface area contributed by atoms with E-state index < -0.39 is 5.97 Å². The molecule has 3 N–H and O–H groups in total. The summed E-state index contributed by atoms with van der Waals surface area (Å²) in [4.78, 5) is 11.2. The lowest BCUT2D eigenvalue weighted by molar-refractivity contribution is 0.0567. The van der Waals surface area contributed by atoms with Crippen molar-refractivity contribution in [3.8, 4) is 5.75 Å². The standard InChI is InChI=1S/C20H25NO4/c1-25-17-6-3-13(4-7-17)11-21-12-14-2-5-15-10-19(22)18(20(23)24)9-16(15)8-14/h2,5,8-10,13,17,21-22H,3-4,6-7,11-12H2,1H3,(H,23,24). The van der Waals surface area contributed by atoms with Crippen LogP contribution in [0.1, 0.15) is 41.6 Å². The number of carboxylic acids is 1. The molecule has 0 amide bonds. The largest absolute Gasteiger partial charge is 0.507 e. The number of carboxylic acid groups (broad SMARTS) is 1. The minimum Gasteiger partial charge on any atom is -0.507 e. The predicted molar refractivity (Wildman–Crippen MR) is 97.0 cm³/mol. The number of ether oxygens (including phenoxy) is 1. The monoisotopic (exact) mass is 343 g/mol. The molecular weight excluding hydrogens is 318 g/mol. The van der Waals surface area contributed by atoms with Crippen molar-refractivity contribution in [2.24, 2.45) is 5.92 Å². The zero-order valence-electron chi connectivity index (χ0n) is 14.5. The zero-order valence-corrected chi connectivity index (χ0v) is 14.5. The Bertz CT molecular complexity index is 751. The van der Waals surface area contributed by atoms with Gasteiger partial charge < -0.3 is 20.3 Å². The molecule has 1 fully saturated rings. The molecule has 3 rings (SSSR count). The Labute approximate surface area is 147 Å². The van der Waals surface area contributed by atoms with Crippen LogP contribution in [0.3, 0.4) is 0 Å². The van der Waals surface area contributed by atoms with Crippen molar-refractivity contribution in [2.75, 3.05) is 13.7 Å². The van der Waals surface area contributed by atoms with E-state index in [2.05, 4.69) is 5.32 Å². The van der Waals surface area contributed by atoms with Crippen molar-refractivity contribution >= 4 is 16.7 Å². The van der Waals surface area contributed by atoms with E-state index >= 15 is 0 Å². The van der Waals surface area contributed by atoms with Crippen molar-refractivity contribution < 1.29 is 19.7 Å². The Kier molecular flexibility index (Phi) is 5.56. The van der Waals surface area contributed by atoms with Crippen LogP contribution in [0, 0.1) is 5.92 Å². The molecule has 2 aromatic rings. The summed E-state index contributed by atoms with van der Waals surface area (Å²) >= 11 is 0. The molecule has 0 atom stereocenters. The van der Waals surface area contributed by atoms with Gasteiger partial charge in [-0.2, -0.15) is 0 Å². The quantitative estimate of drug-likeness (QED) is 0.748. The maximum atomic E-state index is 11.2. The third-order valence-electron chi connectivity index (χ3n) is 5.14. The number of methoxy groups -OCH3 is 1. The van der Waals surface area contributed by atoms with E-state index in [-0.39, 0.29) is 11.3 Å². The molecule has 0 bridgehead atoms. The van der Waals surface area contributed by atoms with Gasteiger partial charge in [0, 0.05) is 13.7 Å². The Morgan fingerprint density at radius 1 is 1.16 bits per heavy atom. The molecule has 0 heterocycles. The number of hydrogen-bond donors (Lipinski definition) is 3. The van der Waals surface area contributed by atoms with Crippen molar-refractivity contribution in [3.63, 3.8) is 0 Å². The van der Waals surface area contributed by atoms with Crippen LogP contribution < -0.4 is 5.32 Å². The van der Waals surface area contributed by atoms with Crippen LogP contribution in [-0.2, 0) is 11.3 Å². The minimum absolute atomic E-state index is 0.0625. The number of nitrogens with one attached hydrogen (secondary N) is 1. The van der Waals surface area contributed by atoms with E-state index in [0.29, 0.717) is 12.0 Å². The SMILES string of the molecule is COC1CCC(CNCc2ccc3cc(O)c(C(=O)O)cc3c2)CC1. The summed E-state index contributed by atoms with van der Waals surface area (Å²) in [6.07, 6.45) is 5.10. The van der Waals surface area contributed by atoms with Crippen molar-refractivity contribution in [3.05, 3.63) is 41.5 Å². The summed E-state index contributed by atoms with van der Waals surface area (Å²) in [6, 6.07) is 8.95. The van der Waals surface area contributed by atoms with Gasteiger partial charge in [-0.25, -0.2) is 4.79 Å². The number of phenols is 1. The highest BCUT2D eigenvalue weighted by molar-refractivity contribution is 5.97. The maximum absolute atomic E-state index is 11.2. The first-order valence-corrected chi connectivity index (χ1v) is 8.79. The number of hydrogen-bond acceptors (Lipinski definition) is 4. The molecule has 0 spiro atoms. The minimum atomic E-state index is -1.12. The first-order chi connectivity index (χ1) is 12.1. The molecule has 1 aliphatic carbocycles. The third-order valence-corrected chi connectivity index (χ3v) is 5.14. The lowest BCUT2D eigenvalue weighted by Crippen LogP contribution is -2.28. The highest BCUT2D eigenvalue weighted by Crippen LogP contribution is 2.27. The van der Waals surface area contributed by atoms with Crippen LogP contribution in [0.2, 0.25) is 0 Å². The molecule has 25 heavy (non-hydrogen) atoms. The zero-order chi connectivity index (χ0) is 17.8. The Morgan fingerprint density at radius 3 is 2.60 bits per heavy atom. The maximum Gasteiger partial charge on any atom is 0.339 e. The number of carbonyl (C=O) groups is 1. The first kappa shape index (κ1) is 17.7. The lowest BCUT2D eigenvalue weighted by atomic mass is 9.87. The van der Waals surface area contributed by atoms with E-state index in [1.165, 1.54) is 25.0 Å². The van der Waals surface area contributed by atoms with Crippen LogP contribution in [0.15, 0.2) is 30.3 Å². The Balaban J connectivity index is 1.60. The van der Waals surface area contributed by atoms with E-state index in [1.807, 2.05) is 18.2 Å². The molecule has 134 valence electrons. The summed E-state index contributed by atoms with van der Waals surface area (Å²) in [5.41, 5.74) is 1.05. The van der Waals surface area contributed by atoms with Gasteiger partial charge in [0.2, 0.25) is 0 Å². The molecule has 2 aromatic carbocycles. The van der Waals surface area contributed by atoms with Crippen LogP contribution in [0.5, 0.6) is 5.75 Å². The Hall–Kier alpha value is -2.11. The van der Waals surface area contributed by atoms with Gasteiger partial charge in [0.15, 0.2) is 0 Å². The van der Waals surface area contributed by atoms with E-state index in [0.717, 1.165) is 42.3 Å². The highest BCUT2D eigenvalue weighted by Gasteiger charge is 2.20. The van der Waals surface area contributed by atoms with Gasteiger partial charge in [-0.05, 0) is 72.7 Å². The average molecular weight is 343 g/mol. The summed E-state index contributed by atoms with van der Waals surface area (Å²) in [5, 5.41) is 24.1. The van der Waals surface area contributed by atoms with E-state index in [1.54, 1.807) is 7.11 Å². The molecule has 1 aliphatic rings. The van der Waals surface area contributed by atoms with Gasteiger partial charge in [0.25, 0.3) is 0 Å². The number of aromatic carboxylic acids is 1. The van der Waals surface area contributed by atoms with Gasteiger partial charge in [0.1, 0.15) is 11.3 Å². The predicted octanol–water partition coefficient (Wildman–Crippen LogP) is 3.54. The summed E-state index contributed by atoms with van der Waals surface area (Å²) in [6.45, 7) is 1.74. The molecule has 5 heteroatoms. The molecule has 0 aromatic heterocycles. The van der Waals surface area contributed by atoms with Gasteiger partial charge >= 0.3 is 5.97 Å². The van der Waals surface area contributed by atoms with Crippen molar-refractivity contribution in [1.82, 2.24) is 5.32 Å². The van der Waals surface area contributed by atoms with Crippen LogP contribution in [0.25, 0.3) is 10.8 Å². The number of rotatable bonds is 6. The summed E-state index contributed by atoms with van der Waals surface area (Å²) in [7, 11) is 1.79. The molecule has 0 radical (unpaired) electrons. The van der Waals surface area contributed by atoms with Gasteiger partial charge in [-0.1, -0.05) is 12.1 Å². The fourth-order valence-corrected chi connectivity index (χ4v) is 3.61. The smallest absolute Gasteiger partial charge is 0.339 e. The van der Waals surface area contributed by atoms with Gasteiger partial charge in [0.05, 0.1) is 6.10 Å². The van der Waals surface area contributed by atoms with Crippen molar-refractivity contribution in [1.29, 1.82) is 0 Å². The number of fused-ring (bicyclic) bond motifs is 1. The summed E-state index contributed by atoms with van der Waals surface area (Å²) < 4.78 is 5.41. The average Bonchev–Trinajstić information content (AvgIpc) is 2.61. The second-order valence-corrected chi connectivity index (χ2v) is 6.87. The van der Waals surface area contributed by atoms with Crippen molar-refractivity contribution in [2.45, 2.75) is 38.3 Å². The van der Waals surface area contributed by atoms with E-state index in [4.69, 9.17) is 9.84 Å².